The number of alkyl halides is 1. The van der Waals surface area contributed by atoms with Gasteiger partial charge in [0.05, 0.1) is 0 Å². The highest BCUT2D eigenvalue weighted by molar-refractivity contribution is 7.38. The highest BCUT2D eigenvalue weighted by atomic mass is 31.1. The molecule has 1 aromatic carbocycles. The molecule has 14 heavy (non-hydrogen) atoms. The van der Waals surface area contributed by atoms with E-state index < -0.39 is 6.17 Å². The van der Waals surface area contributed by atoms with E-state index in [4.69, 9.17) is 0 Å². The van der Waals surface area contributed by atoms with E-state index in [-0.39, 0.29) is 0 Å². The lowest BCUT2D eigenvalue weighted by molar-refractivity contribution is 0.316. The minimum Gasteiger partial charge on any atom is -0.297 e. The molecule has 0 spiro atoms. The summed E-state index contributed by atoms with van der Waals surface area (Å²) in [5, 5.41) is 3.19. The molecule has 0 aromatic heterocycles. The van der Waals surface area contributed by atoms with Gasteiger partial charge in [-0.05, 0) is 27.6 Å². The highest BCUT2D eigenvalue weighted by Crippen LogP contribution is 2.33. The number of hydrogen-bond donors (Lipinski definition) is 1. The van der Waals surface area contributed by atoms with Crippen molar-refractivity contribution in [3.8, 4) is 0 Å². The average Bonchev–Trinajstić information content (AvgIpc) is 2.12. The van der Waals surface area contributed by atoms with Crippen LogP contribution in [-0.2, 0) is 0 Å². The van der Waals surface area contributed by atoms with E-state index >= 15 is 0 Å². The number of nitrogens with one attached hydrogen (secondary N) is 1. The second-order valence-electron chi connectivity index (χ2n) is 3.84. The highest BCUT2D eigenvalue weighted by Gasteiger charge is 2.22. The Hall–Kier alpha value is -0.460. The van der Waals surface area contributed by atoms with Crippen molar-refractivity contribution in [2.45, 2.75) is 25.2 Å². The molecule has 3 heteroatoms. The molecule has 1 saturated heterocycles. The summed E-state index contributed by atoms with van der Waals surface area (Å²) < 4.78 is 13.7. The van der Waals surface area contributed by atoms with Gasteiger partial charge in [0, 0.05) is 12.2 Å². The molecule has 0 saturated carbocycles. The van der Waals surface area contributed by atoms with E-state index in [1.165, 1.54) is 5.56 Å². The molecule has 1 aliphatic rings. The third-order valence-electron chi connectivity index (χ3n) is 2.59. The van der Waals surface area contributed by atoms with Crippen molar-refractivity contribution in [3.63, 3.8) is 0 Å². The zero-order chi connectivity index (χ0) is 9.97. The van der Waals surface area contributed by atoms with Crippen LogP contribution in [0, 0.1) is 6.92 Å². The Kier molecular flexibility index (Phi) is 3.15. The molecular weight excluding hydrogens is 196 g/mol. The van der Waals surface area contributed by atoms with Crippen molar-refractivity contribution in [2.24, 2.45) is 0 Å². The molecule has 1 aliphatic heterocycles. The maximum absolute atomic E-state index is 13.7. The summed E-state index contributed by atoms with van der Waals surface area (Å²) in [6.45, 7) is 3.01. The minimum atomic E-state index is -0.782. The summed E-state index contributed by atoms with van der Waals surface area (Å²) in [4.78, 5) is 0. The average molecular weight is 211 g/mol. The van der Waals surface area contributed by atoms with Gasteiger partial charge in [0.25, 0.3) is 0 Å². The maximum atomic E-state index is 13.7. The van der Waals surface area contributed by atoms with Gasteiger partial charge in [-0.25, -0.2) is 4.39 Å². The second kappa shape index (κ2) is 4.37. The third kappa shape index (κ3) is 2.31. The topological polar surface area (TPSA) is 12.0 Å². The van der Waals surface area contributed by atoms with Crippen LogP contribution in [0.25, 0.3) is 0 Å². The molecule has 3 unspecified atom stereocenters. The lowest BCUT2D eigenvalue weighted by Gasteiger charge is -2.28. The summed E-state index contributed by atoms with van der Waals surface area (Å²) in [5.74, 6) is 0. The van der Waals surface area contributed by atoms with E-state index in [0.29, 0.717) is 12.1 Å². The third-order valence-corrected chi connectivity index (χ3v) is 3.84. The Morgan fingerprint density at radius 2 is 2.14 bits per heavy atom. The van der Waals surface area contributed by atoms with Crippen LogP contribution in [0.3, 0.4) is 0 Å². The normalized spacial score (nSPS) is 24.6. The lowest BCUT2D eigenvalue weighted by Crippen LogP contribution is -2.31. The smallest absolute Gasteiger partial charge is 0.126 e. The van der Waals surface area contributed by atoms with Gasteiger partial charge in [-0.3, -0.25) is 5.09 Å². The van der Waals surface area contributed by atoms with Crippen LogP contribution in [0.2, 0.25) is 0 Å². The molecule has 0 aliphatic carbocycles. The zero-order valence-corrected chi connectivity index (χ0v) is 9.26. The van der Waals surface area contributed by atoms with Gasteiger partial charge in [-0.2, -0.15) is 0 Å². The molecule has 2 rings (SSSR count). The van der Waals surface area contributed by atoms with Crippen molar-refractivity contribution < 1.29 is 4.39 Å². The fourth-order valence-electron chi connectivity index (χ4n) is 1.55. The molecule has 0 amide bonds. The first kappa shape index (κ1) is 10.1. The largest absolute Gasteiger partial charge is 0.297 e. The Bertz CT molecular complexity index is 295. The maximum Gasteiger partial charge on any atom is 0.126 e. The van der Waals surface area contributed by atoms with E-state index in [0.717, 1.165) is 20.8 Å². The second-order valence-corrected chi connectivity index (χ2v) is 5.29. The predicted octanol–water partition coefficient (Wildman–Crippen LogP) is 2.96. The summed E-state index contributed by atoms with van der Waals surface area (Å²) >= 11 is 0. The monoisotopic (exact) mass is 211 g/mol. The SMILES string of the molecule is Cc1ccc(C(F)CC2CNP2)cc1. The van der Waals surface area contributed by atoms with Crippen molar-refractivity contribution in [3.05, 3.63) is 35.4 Å². The van der Waals surface area contributed by atoms with Crippen LogP contribution < -0.4 is 5.09 Å². The molecule has 1 N–H and O–H groups in total. The first-order chi connectivity index (χ1) is 6.75. The van der Waals surface area contributed by atoms with Crippen molar-refractivity contribution in [2.75, 3.05) is 6.54 Å². The van der Waals surface area contributed by atoms with E-state index in [2.05, 4.69) is 5.09 Å². The van der Waals surface area contributed by atoms with Crippen molar-refractivity contribution >= 4 is 8.73 Å². The van der Waals surface area contributed by atoms with Crippen molar-refractivity contribution in [1.82, 2.24) is 5.09 Å². The number of rotatable bonds is 3. The number of benzene rings is 1. The van der Waals surface area contributed by atoms with Crippen LogP contribution in [0.1, 0.15) is 23.7 Å². The Morgan fingerprint density at radius 3 is 2.64 bits per heavy atom. The Labute approximate surface area is 85.9 Å². The van der Waals surface area contributed by atoms with Gasteiger partial charge in [-0.1, -0.05) is 29.8 Å². The van der Waals surface area contributed by atoms with Crippen molar-refractivity contribution in [1.29, 1.82) is 0 Å². The molecule has 3 atom stereocenters. The minimum absolute atomic E-state index is 0.561. The standard InChI is InChI=1S/C11H15FNP/c1-8-2-4-9(5-3-8)11(12)6-10-7-13-14-10/h2-5,10-11,13-14H,6-7H2,1H3. The van der Waals surface area contributed by atoms with E-state index in [1.54, 1.807) is 0 Å². The lowest BCUT2D eigenvalue weighted by atomic mass is 10.0. The molecule has 0 radical (unpaired) electrons. The molecule has 1 aromatic rings. The molecular formula is C11H15FNP. The number of halogens is 1. The number of hydrogen-bond acceptors (Lipinski definition) is 1. The quantitative estimate of drug-likeness (QED) is 0.758. The molecule has 1 fully saturated rings. The van der Waals surface area contributed by atoms with Gasteiger partial charge in [0.15, 0.2) is 0 Å². The first-order valence-electron chi connectivity index (χ1n) is 4.95. The molecule has 1 heterocycles. The van der Waals surface area contributed by atoms with Gasteiger partial charge in [-0.15, -0.1) is 0 Å². The predicted molar refractivity (Wildman–Crippen MR) is 59.8 cm³/mol. The van der Waals surface area contributed by atoms with Gasteiger partial charge in [0.2, 0.25) is 0 Å². The van der Waals surface area contributed by atoms with Gasteiger partial charge >= 0.3 is 0 Å². The molecule has 76 valence electrons. The van der Waals surface area contributed by atoms with Gasteiger partial charge in [0.1, 0.15) is 6.17 Å². The van der Waals surface area contributed by atoms with E-state index in [9.17, 15) is 4.39 Å². The summed E-state index contributed by atoms with van der Waals surface area (Å²) in [7, 11) is 0.757. The first-order valence-corrected chi connectivity index (χ1v) is 6.02. The van der Waals surface area contributed by atoms with Crippen LogP contribution in [0.4, 0.5) is 4.39 Å². The fourth-order valence-corrected chi connectivity index (χ4v) is 2.37. The summed E-state index contributed by atoms with van der Waals surface area (Å²) in [6.07, 6.45) is -0.107. The van der Waals surface area contributed by atoms with Crippen LogP contribution in [-0.4, -0.2) is 12.2 Å². The molecule has 1 nitrogen and oxygen atoms in total. The van der Waals surface area contributed by atoms with E-state index in [1.807, 2.05) is 31.2 Å². The van der Waals surface area contributed by atoms with Crippen LogP contribution in [0.15, 0.2) is 24.3 Å². The van der Waals surface area contributed by atoms with Crippen LogP contribution in [0.5, 0.6) is 0 Å². The summed E-state index contributed by atoms with van der Waals surface area (Å²) in [5.41, 5.74) is 2.58. The summed E-state index contributed by atoms with van der Waals surface area (Å²) in [6, 6.07) is 7.75. The number of aryl methyl sites for hydroxylation is 1. The van der Waals surface area contributed by atoms with Gasteiger partial charge < -0.3 is 0 Å². The zero-order valence-electron chi connectivity index (χ0n) is 8.26. The molecule has 0 bridgehead atoms. The fraction of sp³-hybridized carbons (Fsp3) is 0.455. The Balaban J connectivity index is 1.95. The Morgan fingerprint density at radius 1 is 1.50 bits per heavy atom. The van der Waals surface area contributed by atoms with Crippen LogP contribution >= 0.6 is 8.73 Å².